The summed E-state index contributed by atoms with van der Waals surface area (Å²) in [6.07, 6.45) is -2.57. The lowest BCUT2D eigenvalue weighted by atomic mass is 10.0. The third-order valence-corrected chi connectivity index (χ3v) is 2.35. The predicted molar refractivity (Wildman–Crippen MR) is 60.4 cm³/mol. The normalized spacial score (nSPS) is 11.5. The second-order valence-electron chi connectivity index (χ2n) is 3.68. The Labute approximate surface area is 97.7 Å². The van der Waals surface area contributed by atoms with Crippen molar-refractivity contribution in [2.75, 3.05) is 0 Å². The summed E-state index contributed by atoms with van der Waals surface area (Å²) >= 11 is 0. The van der Waals surface area contributed by atoms with Gasteiger partial charge in [-0.2, -0.15) is 13.2 Å². The molecule has 0 heterocycles. The van der Waals surface area contributed by atoms with Crippen molar-refractivity contribution in [2.24, 2.45) is 0 Å². The van der Waals surface area contributed by atoms with Gasteiger partial charge in [-0.25, -0.2) is 0 Å². The Morgan fingerprint density at radius 3 is 2.06 bits per heavy atom. The zero-order valence-electron chi connectivity index (χ0n) is 8.91. The van der Waals surface area contributed by atoms with E-state index in [9.17, 15) is 13.2 Å². The molecule has 87 valence electrons. The van der Waals surface area contributed by atoms with Crippen LogP contribution in [0, 0.1) is 6.42 Å². The molecule has 2 rings (SSSR count). The fourth-order valence-corrected chi connectivity index (χ4v) is 1.55. The summed E-state index contributed by atoms with van der Waals surface area (Å²) in [5.41, 5.74) is 0.806. The summed E-state index contributed by atoms with van der Waals surface area (Å²) in [7, 11) is 0. The second kappa shape index (κ2) is 4.62. The Balaban J connectivity index is 2.23. The van der Waals surface area contributed by atoms with Crippen LogP contribution >= 0.6 is 0 Å². The Morgan fingerprint density at radius 1 is 0.765 bits per heavy atom. The van der Waals surface area contributed by atoms with Crippen LogP contribution < -0.4 is 0 Å². The maximum Gasteiger partial charge on any atom is 0.416 e. The average Bonchev–Trinajstić information content (AvgIpc) is 2.29. The van der Waals surface area contributed by atoms with Gasteiger partial charge in [0.25, 0.3) is 0 Å². The van der Waals surface area contributed by atoms with Crippen LogP contribution in [0.15, 0.2) is 54.6 Å². The fourth-order valence-electron chi connectivity index (χ4n) is 1.55. The lowest BCUT2D eigenvalue weighted by molar-refractivity contribution is -0.137. The second-order valence-corrected chi connectivity index (χ2v) is 3.68. The predicted octanol–water partition coefficient (Wildman–Crippen LogP) is 4.31. The Hall–Kier alpha value is -1.77. The summed E-state index contributed by atoms with van der Waals surface area (Å²) in [6.45, 7) is 0. The number of hydrogen-bond acceptors (Lipinski definition) is 0. The first kappa shape index (κ1) is 11.7. The van der Waals surface area contributed by atoms with Gasteiger partial charge in [-0.15, -0.1) is 0 Å². The number of hydrogen-bond donors (Lipinski definition) is 0. The van der Waals surface area contributed by atoms with Crippen LogP contribution in [0.1, 0.15) is 16.7 Å². The summed E-state index contributed by atoms with van der Waals surface area (Å²) in [4.78, 5) is 0. The molecule has 0 aliphatic rings. The highest BCUT2D eigenvalue weighted by Crippen LogP contribution is 2.30. The van der Waals surface area contributed by atoms with Crippen molar-refractivity contribution in [2.45, 2.75) is 6.18 Å². The lowest BCUT2D eigenvalue weighted by Crippen LogP contribution is -2.05. The van der Waals surface area contributed by atoms with E-state index in [1.54, 1.807) is 12.5 Å². The van der Waals surface area contributed by atoms with E-state index in [0.29, 0.717) is 5.56 Å². The molecule has 0 amide bonds. The van der Waals surface area contributed by atoms with Gasteiger partial charge in [-0.05, 0) is 17.2 Å². The molecule has 3 heteroatoms. The zero-order chi connectivity index (χ0) is 12.3. The van der Waals surface area contributed by atoms with Crippen molar-refractivity contribution < 1.29 is 13.2 Å². The summed E-state index contributed by atoms with van der Waals surface area (Å²) in [6, 6.07) is 14.5. The van der Waals surface area contributed by atoms with Gasteiger partial charge in [0.2, 0.25) is 0 Å². The molecule has 0 nitrogen and oxygen atoms in total. The first-order chi connectivity index (χ1) is 8.05. The molecule has 0 saturated carbocycles. The maximum atomic E-state index is 12.5. The van der Waals surface area contributed by atoms with E-state index >= 15 is 0 Å². The topological polar surface area (TPSA) is 0 Å². The van der Waals surface area contributed by atoms with Gasteiger partial charge in [0.15, 0.2) is 0 Å². The quantitative estimate of drug-likeness (QED) is 0.727. The van der Waals surface area contributed by atoms with Crippen LogP contribution in [0.4, 0.5) is 13.2 Å². The molecule has 0 atom stereocenters. The highest BCUT2D eigenvalue weighted by atomic mass is 19.4. The minimum Gasteiger partial charge on any atom is -0.166 e. The van der Waals surface area contributed by atoms with Crippen molar-refractivity contribution in [3.05, 3.63) is 77.7 Å². The van der Waals surface area contributed by atoms with Crippen LogP contribution in [-0.4, -0.2) is 0 Å². The molecule has 2 aromatic carbocycles. The van der Waals surface area contributed by atoms with Crippen LogP contribution in [0.5, 0.6) is 0 Å². The van der Waals surface area contributed by atoms with Crippen molar-refractivity contribution in [1.29, 1.82) is 0 Å². The first-order valence-electron chi connectivity index (χ1n) is 5.13. The van der Waals surface area contributed by atoms with E-state index < -0.39 is 11.7 Å². The van der Waals surface area contributed by atoms with Gasteiger partial charge in [-0.1, -0.05) is 48.5 Å². The van der Waals surface area contributed by atoms with Crippen LogP contribution in [0.25, 0.3) is 0 Å². The summed E-state index contributed by atoms with van der Waals surface area (Å²) in [5, 5.41) is 0. The molecule has 17 heavy (non-hydrogen) atoms. The van der Waals surface area contributed by atoms with E-state index in [0.717, 1.165) is 17.7 Å². The number of benzene rings is 2. The maximum absolute atomic E-state index is 12.5. The minimum atomic E-state index is -4.29. The number of halogens is 3. The highest BCUT2D eigenvalue weighted by molar-refractivity contribution is 5.39. The molecule has 0 bridgehead atoms. The largest absolute Gasteiger partial charge is 0.416 e. The van der Waals surface area contributed by atoms with Gasteiger partial charge in [0.1, 0.15) is 0 Å². The molecular formula is C14H10F3. The van der Waals surface area contributed by atoms with Gasteiger partial charge < -0.3 is 0 Å². The van der Waals surface area contributed by atoms with Crippen molar-refractivity contribution in [3.8, 4) is 0 Å². The molecule has 1 radical (unpaired) electrons. The highest BCUT2D eigenvalue weighted by Gasteiger charge is 2.30. The minimum absolute atomic E-state index is 0.547. The third kappa shape index (κ3) is 3.09. The smallest absolute Gasteiger partial charge is 0.166 e. The van der Waals surface area contributed by atoms with E-state index in [2.05, 4.69) is 0 Å². The van der Waals surface area contributed by atoms with E-state index in [4.69, 9.17) is 0 Å². The van der Waals surface area contributed by atoms with E-state index in [-0.39, 0.29) is 0 Å². The lowest BCUT2D eigenvalue weighted by Gasteiger charge is -2.08. The van der Waals surface area contributed by atoms with E-state index in [1.807, 2.05) is 30.3 Å². The van der Waals surface area contributed by atoms with E-state index in [1.165, 1.54) is 6.07 Å². The van der Waals surface area contributed by atoms with Gasteiger partial charge in [0, 0.05) is 6.42 Å². The molecule has 0 saturated heterocycles. The first-order valence-corrected chi connectivity index (χ1v) is 5.13. The standard InChI is InChI=1S/C14H10F3/c15-14(16,17)13-8-4-7-12(10-13)9-11-5-2-1-3-6-11/h1-10H. The summed E-state index contributed by atoms with van der Waals surface area (Å²) < 4.78 is 37.5. The van der Waals surface area contributed by atoms with Gasteiger partial charge >= 0.3 is 6.18 Å². The molecule has 2 aromatic rings. The van der Waals surface area contributed by atoms with Crippen LogP contribution in [0.3, 0.4) is 0 Å². The van der Waals surface area contributed by atoms with Crippen LogP contribution in [-0.2, 0) is 6.18 Å². The van der Waals surface area contributed by atoms with Crippen LogP contribution in [0.2, 0.25) is 0 Å². The molecule has 0 N–H and O–H groups in total. The Bertz CT molecular complexity index is 486. The third-order valence-electron chi connectivity index (χ3n) is 2.35. The molecule has 0 aromatic heterocycles. The number of alkyl halides is 3. The Kier molecular flexibility index (Phi) is 3.18. The van der Waals surface area contributed by atoms with Gasteiger partial charge in [-0.3, -0.25) is 0 Å². The molecule has 0 aliphatic heterocycles. The Morgan fingerprint density at radius 2 is 1.41 bits per heavy atom. The molecule has 0 spiro atoms. The zero-order valence-corrected chi connectivity index (χ0v) is 8.91. The molecule has 0 aliphatic carbocycles. The number of rotatable bonds is 2. The van der Waals surface area contributed by atoms with Crippen molar-refractivity contribution >= 4 is 0 Å². The molecule has 0 fully saturated rings. The van der Waals surface area contributed by atoms with Gasteiger partial charge in [0.05, 0.1) is 5.56 Å². The molecular weight excluding hydrogens is 225 g/mol. The monoisotopic (exact) mass is 235 g/mol. The molecule has 0 unspecified atom stereocenters. The SMILES string of the molecule is FC(F)(F)c1cccc([CH]c2ccccc2)c1. The summed E-state index contributed by atoms with van der Waals surface area (Å²) in [5.74, 6) is 0. The van der Waals surface area contributed by atoms with Crippen molar-refractivity contribution in [1.82, 2.24) is 0 Å². The fraction of sp³-hybridized carbons (Fsp3) is 0.0714. The van der Waals surface area contributed by atoms with Crippen molar-refractivity contribution in [3.63, 3.8) is 0 Å². The average molecular weight is 235 g/mol.